The molecule has 2 nitrogen and oxygen atoms in total. The lowest BCUT2D eigenvalue weighted by atomic mass is 9.96. The van der Waals surface area contributed by atoms with Crippen molar-refractivity contribution in [2.45, 2.75) is 25.3 Å². The van der Waals surface area contributed by atoms with Gasteiger partial charge in [-0.15, -0.1) is 0 Å². The Balaban J connectivity index is 2.36. The summed E-state index contributed by atoms with van der Waals surface area (Å²) in [6.45, 7) is 0.960. The molecule has 88 valence electrons. The van der Waals surface area contributed by atoms with Crippen molar-refractivity contribution in [2.75, 3.05) is 13.7 Å². The van der Waals surface area contributed by atoms with Gasteiger partial charge < -0.3 is 10.1 Å². The molecule has 1 aromatic rings. The molecule has 0 radical (unpaired) electrons. The van der Waals surface area contributed by atoms with Crippen molar-refractivity contribution in [1.29, 1.82) is 0 Å². The molecule has 1 N–H and O–H groups in total. The van der Waals surface area contributed by atoms with Gasteiger partial charge in [-0.2, -0.15) is 0 Å². The van der Waals surface area contributed by atoms with E-state index in [-0.39, 0.29) is 11.9 Å². The Labute approximate surface area is 99.7 Å². The van der Waals surface area contributed by atoms with Crippen LogP contribution < -0.4 is 10.1 Å². The van der Waals surface area contributed by atoms with Gasteiger partial charge in [-0.05, 0) is 31.5 Å². The fourth-order valence-corrected chi connectivity index (χ4v) is 2.46. The lowest BCUT2D eigenvalue weighted by Crippen LogP contribution is -2.27. The number of nitrogens with one attached hydrogen (secondary N) is 1. The number of piperidine rings is 1. The van der Waals surface area contributed by atoms with Gasteiger partial charge in [-0.25, -0.2) is 4.39 Å². The first-order valence-corrected chi connectivity index (χ1v) is 5.86. The van der Waals surface area contributed by atoms with Crippen molar-refractivity contribution in [3.8, 4) is 5.75 Å². The van der Waals surface area contributed by atoms with Crippen LogP contribution in [0.2, 0.25) is 5.02 Å². The molecule has 0 aromatic heterocycles. The molecular formula is C12H15ClFNO. The number of hydrogen-bond acceptors (Lipinski definition) is 2. The molecular weight excluding hydrogens is 229 g/mol. The third-order valence-electron chi connectivity index (χ3n) is 2.93. The molecule has 1 aromatic carbocycles. The standard InChI is InChI=1S/C12H15ClFNO/c1-16-12-9(6-8(14)7-10(12)13)11-4-2-3-5-15-11/h6-7,11,15H,2-5H2,1H3. The summed E-state index contributed by atoms with van der Waals surface area (Å²) in [7, 11) is 1.56. The minimum atomic E-state index is -0.312. The van der Waals surface area contributed by atoms with Crippen LogP contribution >= 0.6 is 11.6 Å². The van der Waals surface area contributed by atoms with E-state index in [4.69, 9.17) is 16.3 Å². The summed E-state index contributed by atoms with van der Waals surface area (Å²) in [5.74, 6) is 0.274. The smallest absolute Gasteiger partial charge is 0.142 e. The number of ether oxygens (including phenoxy) is 1. The molecule has 1 unspecified atom stereocenters. The molecule has 0 saturated carbocycles. The Morgan fingerprint density at radius 1 is 1.44 bits per heavy atom. The second-order valence-electron chi connectivity index (χ2n) is 4.01. The zero-order chi connectivity index (χ0) is 11.5. The van der Waals surface area contributed by atoms with E-state index >= 15 is 0 Å². The Hall–Kier alpha value is -0.800. The molecule has 1 fully saturated rings. The predicted octanol–water partition coefficient (Wildman–Crippen LogP) is 3.30. The van der Waals surface area contributed by atoms with Crippen LogP contribution in [0.4, 0.5) is 4.39 Å². The summed E-state index contributed by atoms with van der Waals surface area (Å²) in [4.78, 5) is 0. The average Bonchev–Trinajstić information content (AvgIpc) is 2.29. The van der Waals surface area contributed by atoms with E-state index in [9.17, 15) is 4.39 Å². The van der Waals surface area contributed by atoms with E-state index in [1.54, 1.807) is 7.11 Å². The number of halogens is 2. The van der Waals surface area contributed by atoms with Gasteiger partial charge in [0.05, 0.1) is 12.1 Å². The molecule has 0 spiro atoms. The second kappa shape index (κ2) is 5.02. The summed E-state index contributed by atoms with van der Waals surface area (Å²) in [6.07, 6.45) is 3.31. The monoisotopic (exact) mass is 243 g/mol. The fraction of sp³-hybridized carbons (Fsp3) is 0.500. The van der Waals surface area contributed by atoms with Crippen LogP contribution in [0.25, 0.3) is 0 Å². The summed E-state index contributed by atoms with van der Waals surface area (Å²) in [5, 5.41) is 3.70. The predicted molar refractivity (Wildman–Crippen MR) is 62.6 cm³/mol. The summed E-state index contributed by atoms with van der Waals surface area (Å²) in [5.41, 5.74) is 0.826. The highest BCUT2D eigenvalue weighted by atomic mass is 35.5. The molecule has 2 rings (SSSR count). The van der Waals surface area contributed by atoms with Crippen LogP contribution in [0.5, 0.6) is 5.75 Å². The number of methoxy groups -OCH3 is 1. The van der Waals surface area contributed by atoms with Crippen molar-refractivity contribution in [1.82, 2.24) is 5.32 Å². The van der Waals surface area contributed by atoms with Crippen LogP contribution in [-0.2, 0) is 0 Å². The minimum absolute atomic E-state index is 0.150. The zero-order valence-corrected chi connectivity index (χ0v) is 9.98. The Kier molecular flexibility index (Phi) is 3.66. The third kappa shape index (κ3) is 2.30. The highest BCUT2D eigenvalue weighted by Crippen LogP contribution is 2.36. The van der Waals surface area contributed by atoms with Gasteiger partial charge in [-0.3, -0.25) is 0 Å². The van der Waals surface area contributed by atoms with E-state index in [0.29, 0.717) is 10.8 Å². The molecule has 1 atom stereocenters. The molecule has 0 amide bonds. The van der Waals surface area contributed by atoms with Gasteiger partial charge >= 0.3 is 0 Å². The molecule has 0 bridgehead atoms. The largest absolute Gasteiger partial charge is 0.495 e. The Bertz CT molecular complexity index is 378. The van der Waals surface area contributed by atoms with Crippen molar-refractivity contribution < 1.29 is 9.13 Å². The van der Waals surface area contributed by atoms with Crippen LogP contribution in [-0.4, -0.2) is 13.7 Å². The quantitative estimate of drug-likeness (QED) is 0.861. The molecule has 1 aliphatic heterocycles. The second-order valence-corrected chi connectivity index (χ2v) is 4.42. The molecule has 1 saturated heterocycles. The first-order chi connectivity index (χ1) is 7.72. The van der Waals surface area contributed by atoms with Gasteiger partial charge in [0.1, 0.15) is 11.6 Å². The van der Waals surface area contributed by atoms with Crippen molar-refractivity contribution in [3.05, 3.63) is 28.5 Å². The van der Waals surface area contributed by atoms with E-state index in [1.165, 1.54) is 18.6 Å². The summed E-state index contributed by atoms with van der Waals surface area (Å²) in [6, 6.07) is 2.94. The first kappa shape index (κ1) is 11.7. The number of rotatable bonds is 2. The van der Waals surface area contributed by atoms with Crippen molar-refractivity contribution in [3.63, 3.8) is 0 Å². The zero-order valence-electron chi connectivity index (χ0n) is 9.22. The summed E-state index contributed by atoms with van der Waals surface area (Å²) >= 11 is 5.96. The highest BCUT2D eigenvalue weighted by Gasteiger charge is 2.21. The topological polar surface area (TPSA) is 21.3 Å². The fourth-order valence-electron chi connectivity index (χ4n) is 2.17. The highest BCUT2D eigenvalue weighted by molar-refractivity contribution is 6.32. The van der Waals surface area contributed by atoms with Crippen molar-refractivity contribution >= 4 is 11.6 Å². The lowest BCUT2D eigenvalue weighted by Gasteiger charge is -2.25. The average molecular weight is 244 g/mol. The molecule has 4 heteroatoms. The molecule has 1 aliphatic rings. The number of benzene rings is 1. The molecule has 1 heterocycles. The lowest BCUT2D eigenvalue weighted by molar-refractivity contribution is 0.372. The SMILES string of the molecule is COc1c(Cl)cc(F)cc1C1CCCCN1. The summed E-state index contributed by atoms with van der Waals surface area (Å²) < 4.78 is 18.6. The minimum Gasteiger partial charge on any atom is -0.495 e. The van der Waals surface area contributed by atoms with Crippen LogP contribution in [0.15, 0.2) is 12.1 Å². The van der Waals surface area contributed by atoms with Gasteiger partial charge in [0.25, 0.3) is 0 Å². The maximum atomic E-state index is 13.3. The normalized spacial score (nSPS) is 20.8. The van der Waals surface area contributed by atoms with Gasteiger partial charge in [0.15, 0.2) is 0 Å². The van der Waals surface area contributed by atoms with Crippen LogP contribution in [0, 0.1) is 5.82 Å². The Morgan fingerprint density at radius 2 is 2.25 bits per heavy atom. The van der Waals surface area contributed by atoms with Crippen LogP contribution in [0.3, 0.4) is 0 Å². The van der Waals surface area contributed by atoms with Gasteiger partial charge in [0.2, 0.25) is 0 Å². The number of hydrogen-bond donors (Lipinski definition) is 1. The third-order valence-corrected chi connectivity index (χ3v) is 3.21. The van der Waals surface area contributed by atoms with E-state index in [2.05, 4.69) is 5.32 Å². The van der Waals surface area contributed by atoms with Gasteiger partial charge in [0, 0.05) is 11.6 Å². The van der Waals surface area contributed by atoms with E-state index in [1.807, 2.05) is 0 Å². The maximum absolute atomic E-state index is 13.3. The van der Waals surface area contributed by atoms with E-state index < -0.39 is 0 Å². The molecule has 16 heavy (non-hydrogen) atoms. The van der Waals surface area contributed by atoms with Crippen LogP contribution in [0.1, 0.15) is 30.9 Å². The van der Waals surface area contributed by atoms with Gasteiger partial charge in [-0.1, -0.05) is 18.0 Å². The first-order valence-electron chi connectivity index (χ1n) is 5.48. The maximum Gasteiger partial charge on any atom is 0.142 e. The van der Waals surface area contributed by atoms with Crippen molar-refractivity contribution in [2.24, 2.45) is 0 Å². The van der Waals surface area contributed by atoms with E-state index in [0.717, 1.165) is 24.9 Å². The Morgan fingerprint density at radius 3 is 2.88 bits per heavy atom. The molecule has 0 aliphatic carbocycles.